The standard InChI is InChI=1S/C22H16Cl2O4S/c23-13-7-5-12(6-8-13)16(25)11-15(18-9-10-19(24)29-18)20-21(26)14-3-1-2-4-17(14)28-22(20)27/h1-10,15-16,20,25H,11H2. The van der Waals surface area contributed by atoms with E-state index in [2.05, 4.69) is 0 Å². The second-order valence-corrected chi connectivity index (χ2v) is 8.99. The molecule has 1 aliphatic heterocycles. The topological polar surface area (TPSA) is 63.6 Å². The van der Waals surface area contributed by atoms with Crippen LogP contribution in [-0.2, 0) is 4.79 Å². The van der Waals surface area contributed by atoms with Crippen molar-refractivity contribution in [2.75, 3.05) is 0 Å². The molecule has 0 saturated carbocycles. The number of halogens is 2. The number of esters is 1. The van der Waals surface area contributed by atoms with E-state index in [0.717, 1.165) is 4.88 Å². The van der Waals surface area contributed by atoms with Gasteiger partial charge in [-0.3, -0.25) is 9.59 Å². The molecule has 1 aromatic heterocycles. The van der Waals surface area contributed by atoms with Gasteiger partial charge in [-0.25, -0.2) is 0 Å². The molecule has 3 unspecified atom stereocenters. The van der Waals surface area contributed by atoms with E-state index in [-0.39, 0.29) is 18.0 Å². The summed E-state index contributed by atoms with van der Waals surface area (Å²) < 4.78 is 5.98. The Hall–Kier alpha value is -2.18. The predicted molar refractivity (Wildman–Crippen MR) is 113 cm³/mol. The Morgan fingerprint density at radius 2 is 1.72 bits per heavy atom. The Labute approximate surface area is 181 Å². The number of hydrogen-bond acceptors (Lipinski definition) is 5. The molecule has 2 aromatic carbocycles. The summed E-state index contributed by atoms with van der Waals surface area (Å²) in [6, 6.07) is 17.0. The summed E-state index contributed by atoms with van der Waals surface area (Å²) >= 11 is 13.3. The number of ketones is 1. The minimum Gasteiger partial charge on any atom is -0.425 e. The van der Waals surface area contributed by atoms with Gasteiger partial charge < -0.3 is 9.84 Å². The maximum atomic E-state index is 13.2. The lowest BCUT2D eigenvalue weighted by Crippen LogP contribution is -2.38. The molecule has 2 heterocycles. The third-order valence-electron chi connectivity index (χ3n) is 4.99. The second-order valence-electron chi connectivity index (χ2n) is 6.81. The van der Waals surface area contributed by atoms with Crippen LogP contribution >= 0.6 is 34.5 Å². The van der Waals surface area contributed by atoms with Gasteiger partial charge in [-0.1, -0.05) is 47.5 Å². The van der Waals surface area contributed by atoms with Gasteiger partial charge in [0.2, 0.25) is 0 Å². The van der Waals surface area contributed by atoms with Crippen molar-refractivity contribution in [1.29, 1.82) is 0 Å². The number of para-hydroxylation sites is 1. The predicted octanol–water partition coefficient (Wildman–Crippen LogP) is 5.68. The monoisotopic (exact) mass is 446 g/mol. The maximum absolute atomic E-state index is 13.2. The molecule has 0 radical (unpaired) electrons. The highest BCUT2D eigenvalue weighted by Crippen LogP contribution is 2.43. The Bertz CT molecular complexity index is 1060. The van der Waals surface area contributed by atoms with Gasteiger partial charge >= 0.3 is 5.97 Å². The average Bonchev–Trinajstić information content (AvgIpc) is 3.13. The van der Waals surface area contributed by atoms with Crippen LogP contribution < -0.4 is 4.74 Å². The van der Waals surface area contributed by atoms with Crippen molar-refractivity contribution >= 4 is 46.3 Å². The Kier molecular flexibility index (Phi) is 5.74. The zero-order valence-corrected chi connectivity index (χ0v) is 17.4. The second kappa shape index (κ2) is 8.28. The average molecular weight is 447 g/mol. The van der Waals surface area contributed by atoms with Crippen molar-refractivity contribution in [3.05, 3.63) is 86.0 Å². The lowest BCUT2D eigenvalue weighted by molar-refractivity contribution is -0.138. The number of thiophene rings is 1. The molecule has 7 heteroatoms. The van der Waals surface area contributed by atoms with Crippen LogP contribution in [-0.4, -0.2) is 16.9 Å². The Balaban J connectivity index is 1.70. The van der Waals surface area contributed by atoms with Crippen molar-refractivity contribution in [3.8, 4) is 5.75 Å². The minimum absolute atomic E-state index is 0.159. The van der Waals surface area contributed by atoms with Gasteiger partial charge in [0.15, 0.2) is 5.78 Å². The number of Topliss-reactive ketones (excluding diaryl/α,β-unsaturated/α-hetero) is 1. The van der Waals surface area contributed by atoms with Crippen LogP contribution in [0.4, 0.5) is 0 Å². The van der Waals surface area contributed by atoms with E-state index >= 15 is 0 Å². The summed E-state index contributed by atoms with van der Waals surface area (Å²) in [6.07, 6.45) is -0.734. The van der Waals surface area contributed by atoms with Gasteiger partial charge in [0, 0.05) is 15.8 Å². The molecule has 0 aliphatic carbocycles. The first-order valence-corrected chi connectivity index (χ1v) is 10.5. The number of hydrogen-bond donors (Lipinski definition) is 1. The van der Waals surface area contributed by atoms with Gasteiger partial charge in [0.25, 0.3) is 0 Å². The van der Waals surface area contributed by atoms with Crippen LogP contribution in [0.25, 0.3) is 0 Å². The molecule has 1 N–H and O–H groups in total. The molecule has 148 valence electrons. The zero-order valence-electron chi connectivity index (χ0n) is 15.0. The van der Waals surface area contributed by atoms with Gasteiger partial charge in [-0.2, -0.15) is 0 Å². The molecule has 1 aliphatic rings. The molecule has 29 heavy (non-hydrogen) atoms. The number of fused-ring (bicyclic) bond motifs is 1. The number of ether oxygens (including phenoxy) is 1. The number of benzene rings is 2. The molecule has 0 fully saturated rings. The molecule has 0 bridgehead atoms. The van der Waals surface area contributed by atoms with Crippen molar-refractivity contribution < 1.29 is 19.4 Å². The van der Waals surface area contributed by atoms with Crippen LogP contribution in [0.3, 0.4) is 0 Å². The highest BCUT2D eigenvalue weighted by atomic mass is 35.5. The summed E-state index contributed by atoms with van der Waals surface area (Å²) in [5.41, 5.74) is 1.02. The van der Waals surface area contributed by atoms with Crippen LogP contribution in [0.1, 0.15) is 39.2 Å². The smallest absolute Gasteiger partial charge is 0.322 e. The highest BCUT2D eigenvalue weighted by molar-refractivity contribution is 7.16. The van der Waals surface area contributed by atoms with Gasteiger partial charge in [-0.15, -0.1) is 11.3 Å². The fourth-order valence-corrected chi connectivity index (χ4v) is 4.90. The first-order valence-electron chi connectivity index (χ1n) is 8.97. The van der Waals surface area contributed by atoms with E-state index in [1.807, 2.05) is 0 Å². The minimum atomic E-state index is -1.05. The number of carbonyl (C=O) groups excluding carboxylic acids is 2. The molecular weight excluding hydrogens is 431 g/mol. The maximum Gasteiger partial charge on any atom is 0.322 e. The molecule has 0 amide bonds. The highest BCUT2D eigenvalue weighted by Gasteiger charge is 2.43. The first-order chi connectivity index (χ1) is 13.9. The van der Waals surface area contributed by atoms with E-state index in [1.165, 1.54) is 11.3 Å². The largest absolute Gasteiger partial charge is 0.425 e. The third-order valence-corrected chi connectivity index (χ3v) is 6.61. The molecule has 0 saturated heterocycles. The Morgan fingerprint density at radius 3 is 2.41 bits per heavy atom. The summed E-state index contributed by atoms with van der Waals surface area (Å²) in [4.78, 5) is 26.7. The fraction of sp³-hybridized carbons (Fsp3) is 0.182. The van der Waals surface area contributed by atoms with Crippen LogP contribution in [0.5, 0.6) is 5.75 Å². The molecule has 4 nitrogen and oxygen atoms in total. The van der Waals surface area contributed by atoms with E-state index in [0.29, 0.717) is 20.5 Å². The molecule has 3 atom stereocenters. The van der Waals surface area contributed by atoms with Gasteiger partial charge in [0.1, 0.15) is 11.7 Å². The number of aliphatic hydroxyl groups is 1. The van der Waals surface area contributed by atoms with Crippen molar-refractivity contribution in [3.63, 3.8) is 0 Å². The van der Waals surface area contributed by atoms with E-state index < -0.39 is 23.9 Å². The number of carbonyl (C=O) groups is 2. The van der Waals surface area contributed by atoms with Crippen molar-refractivity contribution in [2.45, 2.75) is 18.4 Å². The van der Waals surface area contributed by atoms with Gasteiger partial charge in [-0.05, 0) is 48.4 Å². The third kappa shape index (κ3) is 4.09. The van der Waals surface area contributed by atoms with Crippen molar-refractivity contribution in [2.24, 2.45) is 5.92 Å². The lowest BCUT2D eigenvalue weighted by atomic mass is 9.79. The Morgan fingerprint density at radius 1 is 1.00 bits per heavy atom. The summed E-state index contributed by atoms with van der Waals surface area (Å²) in [5.74, 6) is -2.30. The normalized spacial score (nSPS) is 18.1. The zero-order chi connectivity index (χ0) is 20.5. The van der Waals surface area contributed by atoms with Gasteiger partial charge in [0.05, 0.1) is 16.0 Å². The quantitative estimate of drug-likeness (QED) is 0.311. The number of aliphatic hydroxyl groups excluding tert-OH is 1. The van der Waals surface area contributed by atoms with Crippen LogP contribution in [0.2, 0.25) is 9.36 Å². The SMILES string of the molecule is O=C1Oc2ccccc2C(=O)C1C(CC(O)c1ccc(Cl)cc1)c1ccc(Cl)s1. The molecule has 0 spiro atoms. The van der Waals surface area contributed by atoms with Crippen LogP contribution in [0.15, 0.2) is 60.7 Å². The summed E-state index contributed by atoms with van der Waals surface area (Å²) in [7, 11) is 0. The fourth-order valence-electron chi connectivity index (χ4n) is 3.56. The molecular formula is C22H16Cl2O4S. The van der Waals surface area contributed by atoms with E-state index in [9.17, 15) is 14.7 Å². The van der Waals surface area contributed by atoms with Crippen molar-refractivity contribution in [1.82, 2.24) is 0 Å². The summed E-state index contributed by atoms with van der Waals surface area (Å²) in [6.45, 7) is 0. The lowest BCUT2D eigenvalue weighted by Gasteiger charge is -2.29. The number of rotatable bonds is 5. The molecule has 3 aromatic rings. The summed E-state index contributed by atoms with van der Waals surface area (Å²) in [5, 5.41) is 11.4. The molecule has 4 rings (SSSR count). The van der Waals surface area contributed by atoms with E-state index in [1.54, 1.807) is 60.7 Å². The van der Waals surface area contributed by atoms with Crippen LogP contribution in [0, 0.1) is 5.92 Å². The van der Waals surface area contributed by atoms with E-state index in [4.69, 9.17) is 27.9 Å². The first kappa shape index (κ1) is 20.1.